The van der Waals surface area contributed by atoms with Crippen molar-refractivity contribution in [2.24, 2.45) is 4.99 Å². The van der Waals surface area contributed by atoms with E-state index in [1.807, 2.05) is 6.92 Å². The first kappa shape index (κ1) is 14.1. The number of hydrogen-bond acceptors (Lipinski definition) is 3. The van der Waals surface area contributed by atoms with Crippen LogP contribution in [0.3, 0.4) is 0 Å². The van der Waals surface area contributed by atoms with Gasteiger partial charge in [-0.3, -0.25) is 10.1 Å². The lowest BCUT2D eigenvalue weighted by atomic mass is 10.1. The van der Waals surface area contributed by atoms with Crippen LogP contribution in [0.15, 0.2) is 4.99 Å². The lowest BCUT2D eigenvalue weighted by Crippen LogP contribution is -2.48. The van der Waals surface area contributed by atoms with Crippen LogP contribution in [0.4, 0.5) is 0 Å². The lowest BCUT2D eigenvalue weighted by Gasteiger charge is -2.24. The maximum atomic E-state index is 11.6. The van der Waals surface area contributed by atoms with Crippen molar-refractivity contribution in [3.63, 3.8) is 0 Å². The molecule has 0 spiro atoms. The summed E-state index contributed by atoms with van der Waals surface area (Å²) in [4.78, 5) is 17.0. The van der Waals surface area contributed by atoms with E-state index in [1.165, 1.54) is 6.34 Å². The molecule has 0 aromatic carbocycles. The molecule has 0 radical (unpaired) electrons. The van der Waals surface area contributed by atoms with Gasteiger partial charge in [-0.25, -0.2) is 4.99 Å². The van der Waals surface area contributed by atoms with Gasteiger partial charge in [-0.2, -0.15) is 0 Å². The Bertz CT molecular complexity index is 231. The summed E-state index contributed by atoms with van der Waals surface area (Å²) in [6.07, 6.45) is 2.05. The molecule has 0 rings (SSSR count). The highest BCUT2D eigenvalue weighted by Crippen LogP contribution is 2.02. The van der Waals surface area contributed by atoms with Gasteiger partial charge in [0.2, 0.25) is 0 Å². The quantitative estimate of drug-likeness (QED) is 0.390. The fourth-order valence-corrected chi connectivity index (χ4v) is 1.03. The first-order chi connectivity index (χ1) is 6.76. The van der Waals surface area contributed by atoms with E-state index in [1.54, 1.807) is 32.8 Å². The van der Waals surface area contributed by atoms with Gasteiger partial charge in [0.15, 0.2) is 0 Å². The molecule has 0 aromatic heterocycles. The minimum Gasteiger partial charge on any atom is -0.376 e. The standard InChI is InChI=1S/C10H21N3O2/c1-6-8(12-10(2,3)15)9(14)11-7-13(4)5/h7-8,12,15H,6H2,1-5H3. The van der Waals surface area contributed by atoms with Gasteiger partial charge in [0, 0.05) is 14.1 Å². The highest BCUT2D eigenvalue weighted by Gasteiger charge is 2.22. The SMILES string of the molecule is CCC(NC(C)(C)O)C(=O)N=CN(C)C. The largest absolute Gasteiger partial charge is 0.376 e. The molecule has 88 valence electrons. The summed E-state index contributed by atoms with van der Waals surface area (Å²) >= 11 is 0. The Kier molecular flexibility index (Phi) is 5.46. The first-order valence-corrected chi connectivity index (χ1v) is 5.00. The molecule has 0 heterocycles. The van der Waals surface area contributed by atoms with Crippen molar-refractivity contribution in [3.8, 4) is 0 Å². The van der Waals surface area contributed by atoms with Gasteiger partial charge in [-0.15, -0.1) is 0 Å². The number of hydrogen-bond donors (Lipinski definition) is 2. The van der Waals surface area contributed by atoms with E-state index in [9.17, 15) is 9.90 Å². The summed E-state index contributed by atoms with van der Waals surface area (Å²) < 4.78 is 0. The maximum absolute atomic E-state index is 11.6. The number of carbonyl (C=O) groups excluding carboxylic acids is 1. The molecule has 0 aliphatic rings. The van der Waals surface area contributed by atoms with Gasteiger partial charge in [-0.05, 0) is 20.3 Å². The van der Waals surface area contributed by atoms with Crippen molar-refractivity contribution >= 4 is 12.2 Å². The van der Waals surface area contributed by atoms with E-state index in [0.29, 0.717) is 6.42 Å². The van der Waals surface area contributed by atoms with E-state index < -0.39 is 11.8 Å². The van der Waals surface area contributed by atoms with E-state index in [4.69, 9.17) is 0 Å². The van der Waals surface area contributed by atoms with E-state index in [-0.39, 0.29) is 5.91 Å². The number of amides is 1. The van der Waals surface area contributed by atoms with Gasteiger partial charge < -0.3 is 10.0 Å². The van der Waals surface area contributed by atoms with E-state index in [2.05, 4.69) is 10.3 Å². The molecule has 1 atom stereocenters. The van der Waals surface area contributed by atoms with Crippen molar-refractivity contribution in [1.29, 1.82) is 0 Å². The van der Waals surface area contributed by atoms with Gasteiger partial charge >= 0.3 is 0 Å². The second kappa shape index (κ2) is 5.82. The van der Waals surface area contributed by atoms with Crippen LogP contribution in [0.25, 0.3) is 0 Å². The van der Waals surface area contributed by atoms with Crippen LogP contribution in [0, 0.1) is 0 Å². The van der Waals surface area contributed by atoms with Gasteiger partial charge in [0.05, 0.1) is 12.4 Å². The number of aliphatic hydroxyl groups is 1. The molecule has 0 aliphatic heterocycles. The Labute approximate surface area is 91.2 Å². The topological polar surface area (TPSA) is 64.9 Å². The molecular formula is C10H21N3O2. The minimum absolute atomic E-state index is 0.270. The first-order valence-electron chi connectivity index (χ1n) is 5.00. The maximum Gasteiger partial charge on any atom is 0.264 e. The third kappa shape index (κ3) is 7.04. The van der Waals surface area contributed by atoms with Crippen LogP contribution in [0.5, 0.6) is 0 Å². The predicted octanol–water partition coefficient (Wildman–Crippen LogP) is 0.199. The zero-order valence-corrected chi connectivity index (χ0v) is 10.1. The monoisotopic (exact) mass is 215 g/mol. The van der Waals surface area contributed by atoms with Crippen LogP contribution in [-0.4, -0.2) is 48.1 Å². The zero-order chi connectivity index (χ0) is 12.1. The normalized spacial score (nSPS) is 14.3. The number of rotatable bonds is 5. The molecule has 5 nitrogen and oxygen atoms in total. The number of aliphatic imine (C=N–C) groups is 1. The summed E-state index contributed by atoms with van der Waals surface area (Å²) in [5.74, 6) is -0.270. The molecule has 5 heteroatoms. The molecule has 0 fully saturated rings. The van der Waals surface area contributed by atoms with Gasteiger partial charge in [0.25, 0.3) is 5.91 Å². The highest BCUT2D eigenvalue weighted by molar-refractivity contribution is 5.88. The van der Waals surface area contributed by atoms with E-state index in [0.717, 1.165) is 0 Å². The van der Waals surface area contributed by atoms with Gasteiger partial charge in [-0.1, -0.05) is 6.92 Å². The van der Waals surface area contributed by atoms with Crippen molar-refractivity contribution in [3.05, 3.63) is 0 Å². The Morgan fingerprint density at radius 1 is 1.60 bits per heavy atom. The second-order valence-electron chi connectivity index (χ2n) is 4.21. The minimum atomic E-state index is -1.07. The van der Waals surface area contributed by atoms with Crippen molar-refractivity contribution in [2.45, 2.75) is 39.0 Å². The Morgan fingerprint density at radius 3 is 2.47 bits per heavy atom. The number of nitrogens with zero attached hydrogens (tertiary/aromatic N) is 2. The van der Waals surface area contributed by atoms with Crippen molar-refractivity contribution in [1.82, 2.24) is 10.2 Å². The lowest BCUT2D eigenvalue weighted by molar-refractivity contribution is -0.122. The Balaban J connectivity index is 4.36. The molecule has 1 amide bonds. The zero-order valence-electron chi connectivity index (χ0n) is 10.1. The average Bonchev–Trinajstić information content (AvgIpc) is 2.08. The summed E-state index contributed by atoms with van der Waals surface area (Å²) in [6, 6.07) is -0.443. The molecule has 15 heavy (non-hydrogen) atoms. The Morgan fingerprint density at radius 2 is 2.13 bits per heavy atom. The summed E-state index contributed by atoms with van der Waals surface area (Å²) in [7, 11) is 3.59. The molecule has 0 aromatic rings. The molecule has 0 aliphatic carbocycles. The number of nitrogens with one attached hydrogen (secondary N) is 1. The van der Waals surface area contributed by atoms with Crippen molar-refractivity contribution in [2.75, 3.05) is 14.1 Å². The van der Waals surface area contributed by atoms with E-state index >= 15 is 0 Å². The van der Waals surface area contributed by atoms with Crippen molar-refractivity contribution < 1.29 is 9.90 Å². The molecule has 0 bridgehead atoms. The predicted molar refractivity (Wildman–Crippen MR) is 60.7 cm³/mol. The summed E-state index contributed by atoms with van der Waals surface area (Å²) in [5.41, 5.74) is -1.07. The number of carbonyl (C=O) groups is 1. The summed E-state index contributed by atoms with van der Waals surface area (Å²) in [5, 5.41) is 12.3. The molecule has 0 saturated carbocycles. The Hall–Kier alpha value is -0.940. The van der Waals surface area contributed by atoms with Crippen LogP contribution in [0.2, 0.25) is 0 Å². The third-order valence-electron chi connectivity index (χ3n) is 1.65. The third-order valence-corrected chi connectivity index (χ3v) is 1.65. The molecule has 1 unspecified atom stereocenters. The second-order valence-corrected chi connectivity index (χ2v) is 4.21. The smallest absolute Gasteiger partial charge is 0.264 e. The van der Waals surface area contributed by atoms with Crippen LogP contribution >= 0.6 is 0 Å². The molecule has 0 saturated heterocycles. The van der Waals surface area contributed by atoms with Gasteiger partial charge in [0.1, 0.15) is 5.72 Å². The highest BCUT2D eigenvalue weighted by atomic mass is 16.3. The fourth-order valence-electron chi connectivity index (χ4n) is 1.03. The molecule has 2 N–H and O–H groups in total. The molecular weight excluding hydrogens is 194 g/mol. The summed E-state index contributed by atoms with van der Waals surface area (Å²) in [6.45, 7) is 5.06. The van der Waals surface area contributed by atoms with Crippen LogP contribution in [0.1, 0.15) is 27.2 Å². The van der Waals surface area contributed by atoms with Crippen LogP contribution in [-0.2, 0) is 4.79 Å². The average molecular weight is 215 g/mol. The fraction of sp³-hybridized carbons (Fsp3) is 0.800. The van der Waals surface area contributed by atoms with Crippen LogP contribution < -0.4 is 5.32 Å².